The molecule has 0 amide bonds. The molecule has 1 aromatic rings. The van der Waals surface area contributed by atoms with Crippen molar-refractivity contribution in [1.29, 1.82) is 0 Å². The lowest BCUT2D eigenvalue weighted by atomic mass is 10.1. The third kappa shape index (κ3) is 2.07. The Hall–Kier alpha value is -0.890. The van der Waals surface area contributed by atoms with Crippen molar-refractivity contribution >= 4 is 17.5 Å². The molecule has 1 nitrogen and oxygen atoms in total. The van der Waals surface area contributed by atoms with Gasteiger partial charge in [-0.15, -0.1) is 11.8 Å². The van der Waals surface area contributed by atoms with Crippen LogP contribution >= 0.6 is 11.8 Å². The average molecular weight is 192 g/mol. The fourth-order valence-corrected chi connectivity index (χ4v) is 1.89. The highest BCUT2D eigenvalue weighted by atomic mass is 32.2. The molecule has 0 radical (unpaired) electrons. The predicted molar refractivity (Wildman–Crippen MR) is 57.6 cm³/mol. The zero-order valence-corrected chi connectivity index (χ0v) is 8.43. The van der Waals surface area contributed by atoms with Crippen molar-refractivity contribution in [3.63, 3.8) is 0 Å². The van der Waals surface area contributed by atoms with E-state index in [0.29, 0.717) is 0 Å². The zero-order valence-electron chi connectivity index (χ0n) is 7.62. The molecule has 1 aliphatic heterocycles. The van der Waals surface area contributed by atoms with Gasteiger partial charge in [0.15, 0.2) is 0 Å². The first kappa shape index (κ1) is 8.70. The van der Waals surface area contributed by atoms with E-state index in [1.807, 2.05) is 11.8 Å². The maximum absolute atomic E-state index is 5.54. The van der Waals surface area contributed by atoms with Crippen LogP contribution in [0.3, 0.4) is 0 Å². The summed E-state index contributed by atoms with van der Waals surface area (Å²) in [6.45, 7) is 2.92. The maximum Gasteiger partial charge on any atom is 0.132 e. The van der Waals surface area contributed by atoms with Gasteiger partial charge in [0.25, 0.3) is 0 Å². The molecule has 0 bridgehead atoms. The van der Waals surface area contributed by atoms with Gasteiger partial charge in [0.1, 0.15) is 5.76 Å². The number of ether oxygens (including phenoxy) is 1. The van der Waals surface area contributed by atoms with Gasteiger partial charge in [-0.05, 0) is 6.92 Å². The maximum atomic E-state index is 5.54. The highest BCUT2D eigenvalue weighted by molar-refractivity contribution is 8.02. The lowest BCUT2D eigenvalue weighted by molar-refractivity contribution is 0.299. The van der Waals surface area contributed by atoms with E-state index >= 15 is 0 Å². The minimum Gasteiger partial charge on any atom is -0.492 e. The predicted octanol–water partition coefficient (Wildman–Crippen LogP) is 3.06. The van der Waals surface area contributed by atoms with Crippen molar-refractivity contribution in [3.05, 3.63) is 40.8 Å². The van der Waals surface area contributed by atoms with Gasteiger partial charge in [0.2, 0.25) is 0 Å². The van der Waals surface area contributed by atoms with Gasteiger partial charge >= 0.3 is 0 Å². The molecular formula is C11H12OS. The molecule has 2 rings (SSSR count). The Labute approximate surface area is 82.8 Å². The third-order valence-corrected chi connectivity index (χ3v) is 2.77. The summed E-state index contributed by atoms with van der Waals surface area (Å²) < 4.78 is 5.54. The van der Waals surface area contributed by atoms with Crippen LogP contribution in [0.4, 0.5) is 0 Å². The van der Waals surface area contributed by atoms with E-state index in [0.717, 1.165) is 18.1 Å². The Morgan fingerprint density at radius 1 is 1.23 bits per heavy atom. The Morgan fingerprint density at radius 2 is 2.00 bits per heavy atom. The van der Waals surface area contributed by atoms with Crippen molar-refractivity contribution < 1.29 is 4.74 Å². The number of hydrogen-bond acceptors (Lipinski definition) is 2. The van der Waals surface area contributed by atoms with Gasteiger partial charge in [0, 0.05) is 16.7 Å². The zero-order chi connectivity index (χ0) is 9.10. The lowest BCUT2D eigenvalue weighted by Gasteiger charge is -2.14. The third-order valence-electron chi connectivity index (χ3n) is 1.99. The van der Waals surface area contributed by atoms with Crippen molar-refractivity contribution in [2.24, 2.45) is 0 Å². The van der Waals surface area contributed by atoms with Crippen LogP contribution < -0.4 is 0 Å². The Morgan fingerprint density at radius 3 is 2.62 bits per heavy atom. The monoisotopic (exact) mass is 192 g/mol. The molecule has 0 saturated heterocycles. The van der Waals surface area contributed by atoms with Crippen LogP contribution in [0.5, 0.6) is 0 Å². The van der Waals surface area contributed by atoms with E-state index in [2.05, 4.69) is 36.6 Å². The first-order chi connectivity index (χ1) is 6.36. The number of benzene rings is 1. The van der Waals surface area contributed by atoms with E-state index in [-0.39, 0.29) is 0 Å². The second-order valence-corrected chi connectivity index (χ2v) is 4.04. The molecule has 0 fully saturated rings. The minimum atomic E-state index is 0.824. The molecule has 2 heteroatoms. The van der Waals surface area contributed by atoms with Crippen LogP contribution in [0.25, 0.3) is 5.76 Å². The van der Waals surface area contributed by atoms with Crippen LogP contribution in [0.1, 0.15) is 11.1 Å². The minimum absolute atomic E-state index is 0.824. The molecule has 1 aliphatic rings. The van der Waals surface area contributed by atoms with Crippen molar-refractivity contribution in [2.75, 3.05) is 12.4 Å². The van der Waals surface area contributed by atoms with Crippen LogP contribution in [-0.2, 0) is 4.74 Å². The molecule has 1 aromatic carbocycles. The fourth-order valence-electron chi connectivity index (χ4n) is 1.24. The van der Waals surface area contributed by atoms with E-state index < -0.39 is 0 Å². The number of thioether (sulfide) groups is 1. The molecule has 0 saturated carbocycles. The Balaban J connectivity index is 2.24. The molecule has 68 valence electrons. The van der Waals surface area contributed by atoms with Gasteiger partial charge in [-0.2, -0.15) is 0 Å². The first-order valence-corrected chi connectivity index (χ1v) is 5.43. The summed E-state index contributed by atoms with van der Waals surface area (Å²) in [5.41, 5.74) is 2.46. The average Bonchev–Trinajstić information content (AvgIpc) is 2.20. The molecular weight excluding hydrogens is 180 g/mol. The number of hydrogen-bond donors (Lipinski definition) is 0. The van der Waals surface area contributed by atoms with Crippen molar-refractivity contribution in [3.8, 4) is 0 Å². The highest BCUT2D eigenvalue weighted by Crippen LogP contribution is 2.24. The molecule has 0 atom stereocenters. The summed E-state index contributed by atoms with van der Waals surface area (Å²) in [5.74, 6) is 2.08. The smallest absolute Gasteiger partial charge is 0.132 e. The Kier molecular flexibility index (Phi) is 2.60. The van der Waals surface area contributed by atoms with Crippen molar-refractivity contribution in [1.82, 2.24) is 0 Å². The van der Waals surface area contributed by atoms with Gasteiger partial charge in [-0.3, -0.25) is 0 Å². The lowest BCUT2D eigenvalue weighted by Crippen LogP contribution is -2.01. The quantitative estimate of drug-likeness (QED) is 0.676. The summed E-state index contributed by atoms with van der Waals surface area (Å²) in [4.78, 5) is 0. The molecule has 0 unspecified atom stereocenters. The van der Waals surface area contributed by atoms with E-state index in [9.17, 15) is 0 Å². The van der Waals surface area contributed by atoms with Gasteiger partial charge in [-0.1, -0.05) is 29.8 Å². The number of rotatable bonds is 1. The van der Waals surface area contributed by atoms with Crippen LogP contribution in [-0.4, -0.2) is 12.4 Å². The Bertz CT molecular complexity index is 313. The van der Waals surface area contributed by atoms with Crippen LogP contribution in [0.2, 0.25) is 0 Å². The second kappa shape index (κ2) is 3.88. The second-order valence-electron chi connectivity index (χ2n) is 3.07. The van der Waals surface area contributed by atoms with Gasteiger partial charge < -0.3 is 4.74 Å². The summed E-state index contributed by atoms with van der Waals surface area (Å²) in [5, 5.41) is 2.09. The van der Waals surface area contributed by atoms with Gasteiger partial charge in [-0.25, -0.2) is 0 Å². The largest absolute Gasteiger partial charge is 0.492 e. The summed E-state index contributed by atoms with van der Waals surface area (Å²) in [6, 6.07) is 8.43. The normalized spacial score (nSPS) is 16.2. The number of aryl methyl sites for hydroxylation is 1. The van der Waals surface area contributed by atoms with E-state index in [1.54, 1.807) is 0 Å². The summed E-state index contributed by atoms with van der Waals surface area (Å²) in [7, 11) is 0. The molecule has 0 spiro atoms. The highest BCUT2D eigenvalue weighted by Gasteiger charge is 2.06. The first-order valence-electron chi connectivity index (χ1n) is 4.38. The van der Waals surface area contributed by atoms with Crippen molar-refractivity contribution in [2.45, 2.75) is 6.92 Å². The molecule has 0 aromatic heterocycles. The summed E-state index contributed by atoms with van der Waals surface area (Å²) in [6.07, 6.45) is 0. The SMILES string of the molecule is Cc1ccc(C2=CSCCO2)cc1. The van der Waals surface area contributed by atoms with Crippen LogP contribution in [0.15, 0.2) is 29.7 Å². The van der Waals surface area contributed by atoms with Crippen LogP contribution in [0, 0.1) is 6.92 Å². The fraction of sp³-hybridized carbons (Fsp3) is 0.273. The topological polar surface area (TPSA) is 9.23 Å². The standard InChI is InChI=1S/C11H12OS/c1-9-2-4-10(5-3-9)11-8-13-7-6-12-11/h2-5,8H,6-7H2,1H3. The van der Waals surface area contributed by atoms with E-state index in [4.69, 9.17) is 4.74 Å². The molecule has 1 heterocycles. The molecule has 0 aliphatic carbocycles. The molecule has 13 heavy (non-hydrogen) atoms. The summed E-state index contributed by atoms with van der Waals surface area (Å²) >= 11 is 1.82. The molecule has 0 N–H and O–H groups in total. The van der Waals surface area contributed by atoms with E-state index in [1.165, 1.54) is 11.1 Å². The van der Waals surface area contributed by atoms with Gasteiger partial charge in [0.05, 0.1) is 6.61 Å².